The van der Waals surface area contributed by atoms with Gasteiger partial charge in [-0.05, 0) is 55.0 Å². The van der Waals surface area contributed by atoms with E-state index in [2.05, 4.69) is 83.1 Å². The molecular formula is C33H55O7P. The van der Waals surface area contributed by atoms with E-state index in [0.717, 1.165) is 22.3 Å². The molecule has 2 aromatic rings. The lowest BCUT2D eigenvalue weighted by Gasteiger charge is -2.51. The Morgan fingerprint density at radius 1 is 0.488 bits per heavy atom. The molecule has 0 saturated carbocycles. The molecule has 2 aromatic carbocycles. The van der Waals surface area contributed by atoms with Crippen LogP contribution in [-0.2, 0) is 27.3 Å². The molecule has 0 aliphatic carbocycles. The van der Waals surface area contributed by atoms with Crippen LogP contribution in [0.25, 0.3) is 0 Å². The van der Waals surface area contributed by atoms with Gasteiger partial charge in [-0.25, -0.2) is 0 Å². The van der Waals surface area contributed by atoms with E-state index in [1.54, 1.807) is 0 Å². The maximum atomic E-state index is 13.6. The summed E-state index contributed by atoms with van der Waals surface area (Å²) in [5, 5.41) is 46.3. The molecule has 0 radical (unpaired) electrons. The van der Waals surface area contributed by atoms with Crippen molar-refractivity contribution in [2.24, 2.45) is 5.41 Å². The van der Waals surface area contributed by atoms with E-state index < -0.39 is 39.4 Å². The van der Waals surface area contributed by atoms with Gasteiger partial charge < -0.3 is 35.1 Å². The van der Waals surface area contributed by atoms with Gasteiger partial charge in [-0.2, -0.15) is 0 Å². The highest BCUT2D eigenvalue weighted by atomic mass is 31.2. The molecule has 0 aliphatic rings. The van der Waals surface area contributed by atoms with Crippen LogP contribution in [0.1, 0.15) is 116 Å². The van der Waals surface area contributed by atoms with Gasteiger partial charge in [0.1, 0.15) is 5.60 Å². The van der Waals surface area contributed by atoms with Crippen LogP contribution >= 0.6 is 8.60 Å². The molecule has 0 unspecified atom stereocenters. The minimum absolute atomic E-state index is 0.366. The third kappa shape index (κ3) is 7.95. The van der Waals surface area contributed by atoms with Crippen molar-refractivity contribution in [1.29, 1.82) is 0 Å². The minimum Gasteiger partial charge on any atom is -0.395 e. The van der Waals surface area contributed by atoms with Crippen LogP contribution in [0.3, 0.4) is 0 Å². The Kier molecular flexibility index (Phi) is 12.0. The zero-order valence-electron chi connectivity index (χ0n) is 27.2. The fraction of sp³-hybridized carbons (Fsp3) is 0.636. The molecule has 0 saturated heterocycles. The van der Waals surface area contributed by atoms with Crippen LogP contribution in [0.2, 0.25) is 0 Å². The van der Waals surface area contributed by atoms with E-state index in [4.69, 9.17) is 14.7 Å². The molecule has 8 heteroatoms. The highest BCUT2D eigenvalue weighted by Crippen LogP contribution is 2.55. The van der Waals surface area contributed by atoms with Gasteiger partial charge in [-0.15, -0.1) is 0 Å². The van der Waals surface area contributed by atoms with E-state index >= 15 is 0 Å². The summed E-state index contributed by atoms with van der Waals surface area (Å²) in [6, 6.07) is 12.2. The van der Waals surface area contributed by atoms with Crippen molar-refractivity contribution in [1.82, 2.24) is 0 Å². The monoisotopic (exact) mass is 594 g/mol. The first-order valence-electron chi connectivity index (χ1n) is 14.1. The Labute approximate surface area is 248 Å². The van der Waals surface area contributed by atoms with Gasteiger partial charge >= 0.3 is 8.60 Å². The van der Waals surface area contributed by atoms with Crippen molar-refractivity contribution in [2.45, 2.75) is 110 Å². The van der Waals surface area contributed by atoms with Crippen molar-refractivity contribution >= 4 is 8.60 Å². The molecule has 0 spiro atoms. The molecular weight excluding hydrogens is 539 g/mol. The summed E-state index contributed by atoms with van der Waals surface area (Å²) in [4.78, 5) is 21.7. The van der Waals surface area contributed by atoms with E-state index in [-0.39, 0.29) is 21.7 Å². The highest BCUT2D eigenvalue weighted by Gasteiger charge is 2.57. The number of aliphatic hydroxyl groups is 4. The molecule has 234 valence electrons. The molecule has 0 heterocycles. The molecule has 0 fully saturated rings. The second-order valence-corrected chi connectivity index (χ2v) is 15.7. The average molecular weight is 595 g/mol. The summed E-state index contributed by atoms with van der Waals surface area (Å²) >= 11 is 0. The lowest BCUT2D eigenvalue weighted by molar-refractivity contribution is -0.138. The third-order valence-corrected chi connectivity index (χ3v) is 7.76. The SMILES string of the molecule is CC(C)(C)c1cccc(C(C)(C)C)c1C(O)(c1c(C(C)(C)C)cccc1C(C)(C)C)C(CO)(CO)CO.OP(O)O. The highest BCUT2D eigenvalue weighted by molar-refractivity contribution is 7.38. The van der Waals surface area contributed by atoms with Crippen LogP contribution in [-0.4, -0.2) is 54.9 Å². The number of hydrogen-bond donors (Lipinski definition) is 7. The standard InChI is InChI=1S/C33H52O4.H3O3P/c1-28(2,3)22-15-13-16-23(29(4,5)6)26(22)33(37,32(19-34,20-35)21-36)27-24(30(7,8)9)17-14-18-25(27)31(10,11)12;1-4(2)3/h13-18,34-37H,19-21H2,1-12H3;1-3H. The predicted molar refractivity (Wildman–Crippen MR) is 168 cm³/mol. The number of rotatable bonds is 6. The molecule has 0 aliphatic heterocycles. The Bertz CT molecular complexity index is 991. The van der Waals surface area contributed by atoms with Crippen molar-refractivity contribution in [3.05, 3.63) is 69.8 Å². The molecule has 7 nitrogen and oxygen atoms in total. The van der Waals surface area contributed by atoms with Gasteiger partial charge in [0.15, 0.2) is 0 Å². The zero-order valence-corrected chi connectivity index (χ0v) is 28.1. The third-order valence-electron chi connectivity index (χ3n) is 7.76. The number of benzene rings is 2. The molecule has 7 N–H and O–H groups in total. The minimum atomic E-state index is -2.62. The predicted octanol–water partition coefficient (Wildman–Crippen LogP) is 5.27. The van der Waals surface area contributed by atoms with Crippen LogP contribution < -0.4 is 0 Å². The Morgan fingerprint density at radius 2 is 0.683 bits per heavy atom. The van der Waals surface area contributed by atoms with E-state index in [1.807, 2.05) is 36.4 Å². The summed E-state index contributed by atoms with van der Waals surface area (Å²) in [7, 11) is -2.62. The van der Waals surface area contributed by atoms with Gasteiger partial charge in [0.05, 0.1) is 25.2 Å². The lowest BCUT2D eigenvalue weighted by atomic mass is 9.56. The first-order chi connectivity index (χ1) is 18.4. The number of aliphatic hydroxyl groups excluding tert-OH is 3. The van der Waals surface area contributed by atoms with E-state index in [9.17, 15) is 20.4 Å². The Morgan fingerprint density at radius 3 is 0.829 bits per heavy atom. The summed E-state index contributed by atoms with van der Waals surface area (Å²) in [5.74, 6) is 0. The maximum Gasteiger partial charge on any atom is 0.324 e. The normalized spacial score (nSPS) is 13.8. The Balaban J connectivity index is 0.00000196. The molecule has 0 aromatic heterocycles. The average Bonchev–Trinajstić information content (AvgIpc) is 2.81. The van der Waals surface area contributed by atoms with Gasteiger partial charge in [0.2, 0.25) is 0 Å². The van der Waals surface area contributed by atoms with Crippen molar-refractivity contribution in [2.75, 3.05) is 19.8 Å². The zero-order chi connectivity index (χ0) is 32.4. The Hall–Kier alpha value is -1.41. The van der Waals surface area contributed by atoms with Crippen LogP contribution in [0.15, 0.2) is 36.4 Å². The summed E-state index contributed by atoms with van der Waals surface area (Å²) in [6.45, 7) is 23.5. The smallest absolute Gasteiger partial charge is 0.324 e. The second-order valence-electron chi connectivity index (χ2n) is 15.2. The van der Waals surface area contributed by atoms with E-state index in [1.165, 1.54) is 0 Å². The summed E-state index contributed by atoms with van der Waals surface area (Å²) in [5.41, 5.74) is -0.0221. The lowest BCUT2D eigenvalue weighted by Crippen LogP contribution is -2.57. The topological polar surface area (TPSA) is 142 Å². The van der Waals surface area contributed by atoms with Crippen LogP contribution in [0.4, 0.5) is 0 Å². The van der Waals surface area contributed by atoms with E-state index in [0.29, 0.717) is 11.1 Å². The molecule has 41 heavy (non-hydrogen) atoms. The first-order valence-corrected chi connectivity index (χ1v) is 15.3. The molecule has 0 amide bonds. The largest absolute Gasteiger partial charge is 0.395 e. The fourth-order valence-corrected chi connectivity index (χ4v) is 5.53. The van der Waals surface area contributed by atoms with Crippen molar-refractivity contribution in [3.8, 4) is 0 Å². The quantitative estimate of drug-likeness (QED) is 0.226. The second kappa shape index (κ2) is 13.1. The molecule has 0 atom stereocenters. The molecule has 0 bridgehead atoms. The van der Waals surface area contributed by atoms with Gasteiger partial charge in [-0.1, -0.05) is 119 Å². The number of hydrogen-bond acceptors (Lipinski definition) is 7. The first kappa shape index (κ1) is 37.6. The summed E-state index contributed by atoms with van der Waals surface area (Å²) < 4.78 is 0. The fourth-order valence-electron chi connectivity index (χ4n) is 5.53. The molecule has 2 rings (SSSR count). The van der Waals surface area contributed by atoms with Crippen LogP contribution in [0, 0.1) is 5.41 Å². The van der Waals surface area contributed by atoms with Gasteiger partial charge in [0.25, 0.3) is 0 Å². The maximum absolute atomic E-state index is 13.6. The van der Waals surface area contributed by atoms with Crippen molar-refractivity contribution < 1.29 is 35.1 Å². The van der Waals surface area contributed by atoms with Gasteiger partial charge in [0, 0.05) is 0 Å². The van der Waals surface area contributed by atoms with Crippen molar-refractivity contribution in [3.63, 3.8) is 0 Å². The van der Waals surface area contributed by atoms with Gasteiger partial charge in [-0.3, -0.25) is 0 Å². The summed E-state index contributed by atoms with van der Waals surface area (Å²) in [6.07, 6.45) is 0. The van der Waals surface area contributed by atoms with Crippen LogP contribution in [0.5, 0.6) is 0 Å².